The summed E-state index contributed by atoms with van der Waals surface area (Å²) in [5.74, 6) is 0.675. The summed E-state index contributed by atoms with van der Waals surface area (Å²) in [7, 11) is 4.05. The second kappa shape index (κ2) is 11.8. The lowest BCUT2D eigenvalue weighted by Gasteiger charge is -2.31. The number of likely N-dealkylation sites (N-methyl/N-ethyl adjacent to an activating group) is 1. The number of carbonyl (C=O) groups is 2. The fraction of sp³-hybridized carbons (Fsp3) is 0.481. The zero-order chi connectivity index (χ0) is 23.8. The van der Waals surface area contributed by atoms with E-state index in [4.69, 9.17) is 0 Å². The van der Waals surface area contributed by atoms with Crippen LogP contribution >= 0.6 is 0 Å². The Bertz CT molecular complexity index is 927. The summed E-state index contributed by atoms with van der Waals surface area (Å²) in [6.07, 6.45) is 1.40. The molecule has 1 aliphatic heterocycles. The first-order valence-electron chi connectivity index (χ1n) is 11.9. The molecular formula is C27H38N4O2. The van der Waals surface area contributed by atoms with Crippen molar-refractivity contribution in [2.75, 3.05) is 45.6 Å². The van der Waals surface area contributed by atoms with E-state index >= 15 is 0 Å². The highest BCUT2D eigenvalue weighted by Crippen LogP contribution is 2.27. The van der Waals surface area contributed by atoms with Gasteiger partial charge in [0.2, 0.25) is 11.8 Å². The molecule has 6 nitrogen and oxygen atoms in total. The van der Waals surface area contributed by atoms with Crippen LogP contribution in [0, 0.1) is 5.92 Å². The van der Waals surface area contributed by atoms with Crippen molar-refractivity contribution in [3.8, 4) is 0 Å². The van der Waals surface area contributed by atoms with Crippen molar-refractivity contribution in [3.63, 3.8) is 0 Å². The van der Waals surface area contributed by atoms with Gasteiger partial charge in [-0.2, -0.15) is 0 Å². The highest BCUT2D eigenvalue weighted by atomic mass is 16.2. The summed E-state index contributed by atoms with van der Waals surface area (Å²) >= 11 is 0. The van der Waals surface area contributed by atoms with Crippen molar-refractivity contribution in [3.05, 3.63) is 65.2 Å². The van der Waals surface area contributed by atoms with Gasteiger partial charge in [0.15, 0.2) is 0 Å². The SMILES string of the molecule is CC(C)CC(=O)N1CCc2c(cccc2NCC(=O)N(CCN(C)C)Cc2ccccc2)C1. The minimum Gasteiger partial charge on any atom is -0.376 e. The van der Waals surface area contributed by atoms with Gasteiger partial charge < -0.3 is 20.0 Å². The molecule has 0 saturated heterocycles. The molecule has 1 N–H and O–H groups in total. The van der Waals surface area contributed by atoms with Crippen molar-refractivity contribution < 1.29 is 9.59 Å². The van der Waals surface area contributed by atoms with E-state index in [9.17, 15) is 9.59 Å². The number of fused-ring (bicyclic) bond motifs is 1. The normalized spacial score (nSPS) is 13.2. The maximum Gasteiger partial charge on any atom is 0.242 e. The summed E-state index contributed by atoms with van der Waals surface area (Å²) < 4.78 is 0. The number of nitrogens with one attached hydrogen (secondary N) is 1. The van der Waals surface area contributed by atoms with E-state index in [-0.39, 0.29) is 18.4 Å². The Morgan fingerprint density at radius 1 is 1.03 bits per heavy atom. The van der Waals surface area contributed by atoms with E-state index in [0.717, 1.165) is 30.8 Å². The number of hydrogen-bond acceptors (Lipinski definition) is 4. The molecule has 0 unspecified atom stereocenters. The summed E-state index contributed by atoms with van der Waals surface area (Å²) in [5, 5.41) is 3.39. The van der Waals surface area contributed by atoms with Crippen LogP contribution in [0.15, 0.2) is 48.5 Å². The van der Waals surface area contributed by atoms with Crippen LogP contribution in [-0.2, 0) is 29.1 Å². The van der Waals surface area contributed by atoms with Crippen LogP contribution in [0.5, 0.6) is 0 Å². The molecule has 33 heavy (non-hydrogen) atoms. The zero-order valence-electron chi connectivity index (χ0n) is 20.5. The average Bonchev–Trinajstić information content (AvgIpc) is 2.79. The van der Waals surface area contributed by atoms with Crippen LogP contribution < -0.4 is 5.32 Å². The van der Waals surface area contributed by atoms with Gasteiger partial charge in [0.25, 0.3) is 0 Å². The van der Waals surface area contributed by atoms with Gasteiger partial charge in [-0.05, 0) is 49.2 Å². The molecule has 0 aromatic heterocycles. The van der Waals surface area contributed by atoms with Crippen LogP contribution in [0.1, 0.15) is 37.0 Å². The summed E-state index contributed by atoms with van der Waals surface area (Å²) in [6, 6.07) is 16.3. The molecule has 0 bridgehead atoms. The lowest BCUT2D eigenvalue weighted by molar-refractivity contribution is -0.133. The smallest absolute Gasteiger partial charge is 0.242 e. The Morgan fingerprint density at radius 2 is 1.79 bits per heavy atom. The van der Waals surface area contributed by atoms with Crippen LogP contribution in [0.2, 0.25) is 0 Å². The molecule has 0 saturated carbocycles. The number of nitrogens with zero attached hydrogens (tertiary/aromatic N) is 3. The van der Waals surface area contributed by atoms with Gasteiger partial charge in [0.05, 0.1) is 6.54 Å². The van der Waals surface area contributed by atoms with E-state index in [1.54, 1.807) is 0 Å². The minimum absolute atomic E-state index is 0.0860. The van der Waals surface area contributed by atoms with Gasteiger partial charge in [-0.3, -0.25) is 9.59 Å². The second-order valence-corrected chi connectivity index (χ2v) is 9.56. The van der Waals surface area contributed by atoms with Gasteiger partial charge in [0.1, 0.15) is 0 Å². The molecule has 3 rings (SSSR count). The lowest BCUT2D eigenvalue weighted by atomic mass is 9.97. The Labute approximate surface area is 198 Å². The largest absolute Gasteiger partial charge is 0.376 e. The Kier molecular flexibility index (Phi) is 8.89. The van der Waals surface area contributed by atoms with Crippen molar-refractivity contribution in [1.82, 2.24) is 14.7 Å². The third-order valence-corrected chi connectivity index (χ3v) is 6.02. The fourth-order valence-corrected chi connectivity index (χ4v) is 4.17. The van der Waals surface area contributed by atoms with Crippen LogP contribution in [0.4, 0.5) is 5.69 Å². The number of hydrogen-bond donors (Lipinski definition) is 1. The molecule has 0 spiro atoms. The monoisotopic (exact) mass is 450 g/mol. The van der Waals surface area contributed by atoms with Crippen LogP contribution in [0.3, 0.4) is 0 Å². The van der Waals surface area contributed by atoms with Crippen molar-refractivity contribution >= 4 is 17.5 Å². The molecule has 178 valence electrons. The van der Waals surface area contributed by atoms with Gasteiger partial charge in [-0.15, -0.1) is 0 Å². The van der Waals surface area contributed by atoms with Gasteiger partial charge in [-0.1, -0.05) is 56.3 Å². The molecule has 0 radical (unpaired) electrons. The standard InChI is InChI=1S/C27H38N4O2/c1-21(2)17-26(32)30-14-13-24-23(20-30)11-8-12-25(24)28-18-27(33)31(16-15-29(3)4)19-22-9-6-5-7-10-22/h5-12,21,28H,13-20H2,1-4H3. The van der Waals surface area contributed by atoms with Crippen molar-refractivity contribution in [2.45, 2.75) is 39.8 Å². The Balaban J connectivity index is 1.64. The number of rotatable bonds is 10. The van der Waals surface area contributed by atoms with Crippen molar-refractivity contribution in [2.24, 2.45) is 5.92 Å². The number of benzene rings is 2. The Hall–Kier alpha value is -2.86. The van der Waals surface area contributed by atoms with E-state index in [1.807, 2.05) is 54.2 Å². The zero-order valence-corrected chi connectivity index (χ0v) is 20.5. The highest BCUT2D eigenvalue weighted by Gasteiger charge is 2.23. The van der Waals surface area contributed by atoms with Crippen LogP contribution in [-0.4, -0.2) is 66.8 Å². The molecule has 1 heterocycles. The molecule has 6 heteroatoms. The topological polar surface area (TPSA) is 55.9 Å². The fourth-order valence-electron chi connectivity index (χ4n) is 4.17. The molecule has 1 aliphatic rings. The highest BCUT2D eigenvalue weighted by molar-refractivity contribution is 5.81. The first-order valence-corrected chi connectivity index (χ1v) is 11.9. The molecule has 2 aromatic rings. The quantitative estimate of drug-likeness (QED) is 0.601. The number of carbonyl (C=O) groups excluding carboxylic acids is 2. The molecule has 2 aromatic carbocycles. The minimum atomic E-state index is 0.0860. The third kappa shape index (κ3) is 7.32. The van der Waals surface area contributed by atoms with Crippen LogP contribution in [0.25, 0.3) is 0 Å². The van der Waals surface area contributed by atoms with Gasteiger partial charge >= 0.3 is 0 Å². The summed E-state index contributed by atoms with van der Waals surface area (Å²) in [4.78, 5) is 31.6. The summed E-state index contributed by atoms with van der Waals surface area (Å²) in [5.41, 5.74) is 4.53. The predicted octanol–water partition coefficient (Wildman–Crippen LogP) is 3.62. The first-order chi connectivity index (χ1) is 15.8. The number of anilines is 1. The first kappa shape index (κ1) is 24.8. The maximum atomic E-state index is 13.1. The maximum absolute atomic E-state index is 13.1. The lowest BCUT2D eigenvalue weighted by Crippen LogP contribution is -2.39. The molecular weight excluding hydrogens is 412 g/mol. The molecule has 0 aliphatic carbocycles. The van der Waals surface area contributed by atoms with E-state index in [0.29, 0.717) is 32.0 Å². The summed E-state index contributed by atoms with van der Waals surface area (Å²) in [6.45, 7) is 7.90. The van der Waals surface area contributed by atoms with Crippen molar-refractivity contribution in [1.29, 1.82) is 0 Å². The van der Waals surface area contributed by atoms with E-state index < -0.39 is 0 Å². The van der Waals surface area contributed by atoms with E-state index in [2.05, 4.69) is 42.3 Å². The van der Waals surface area contributed by atoms with Gasteiger partial charge in [-0.25, -0.2) is 0 Å². The number of amides is 2. The third-order valence-electron chi connectivity index (χ3n) is 6.02. The van der Waals surface area contributed by atoms with Gasteiger partial charge in [0, 0.05) is 44.8 Å². The predicted molar refractivity (Wildman–Crippen MR) is 134 cm³/mol. The Morgan fingerprint density at radius 3 is 2.48 bits per heavy atom. The average molecular weight is 451 g/mol. The second-order valence-electron chi connectivity index (χ2n) is 9.56. The molecule has 0 fully saturated rings. The molecule has 0 atom stereocenters. The molecule has 2 amide bonds. The van der Waals surface area contributed by atoms with E-state index in [1.165, 1.54) is 11.1 Å².